The summed E-state index contributed by atoms with van der Waals surface area (Å²) in [5.41, 5.74) is 0.823. The molecule has 0 N–H and O–H groups in total. The molecule has 0 amide bonds. The first-order chi connectivity index (χ1) is 8.22. The number of ether oxygens (including phenoxy) is 1. The maximum Gasteiger partial charge on any atom is 0.333 e. The summed E-state index contributed by atoms with van der Waals surface area (Å²) in [6, 6.07) is 0. The molecule has 2 heteroatoms. The highest BCUT2D eigenvalue weighted by atomic mass is 16.5. The largest absolute Gasteiger partial charge is 0.462 e. The van der Waals surface area contributed by atoms with Gasteiger partial charge in [-0.25, -0.2) is 4.79 Å². The Balaban J connectivity index is 3.69. The first-order valence-electron chi connectivity index (χ1n) is 6.70. The standard InChI is InChI=1S/C16H28O2/c1-13(2)15(17)18-12-10-14(3)9-7-8-11-16(4,5)6/h7-8,14H,1,9-12H2,2-6H3. The molecular formula is C16H28O2. The van der Waals surface area contributed by atoms with E-state index in [0.717, 1.165) is 19.3 Å². The Morgan fingerprint density at radius 2 is 1.94 bits per heavy atom. The smallest absolute Gasteiger partial charge is 0.333 e. The Morgan fingerprint density at radius 1 is 1.33 bits per heavy atom. The van der Waals surface area contributed by atoms with Gasteiger partial charge in [0.15, 0.2) is 0 Å². The van der Waals surface area contributed by atoms with E-state index in [1.165, 1.54) is 0 Å². The van der Waals surface area contributed by atoms with Crippen molar-refractivity contribution in [2.45, 2.75) is 53.9 Å². The van der Waals surface area contributed by atoms with E-state index in [1.54, 1.807) is 6.92 Å². The van der Waals surface area contributed by atoms with E-state index in [-0.39, 0.29) is 5.97 Å². The molecule has 0 fully saturated rings. The van der Waals surface area contributed by atoms with Crippen molar-refractivity contribution in [1.82, 2.24) is 0 Å². The summed E-state index contributed by atoms with van der Waals surface area (Å²) in [5.74, 6) is 0.254. The van der Waals surface area contributed by atoms with Crippen LogP contribution in [0, 0.1) is 11.3 Å². The van der Waals surface area contributed by atoms with Gasteiger partial charge in [-0.2, -0.15) is 0 Å². The van der Waals surface area contributed by atoms with Crippen LogP contribution in [0.5, 0.6) is 0 Å². The van der Waals surface area contributed by atoms with E-state index in [4.69, 9.17) is 4.74 Å². The van der Waals surface area contributed by atoms with Crippen molar-refractivity contribution in [2.24, 2.45) is 11.3 Å². The highest BCUT2D eigenvalue weighted by molar-refractivity contribution is 5.86. The molecule has 0 spiro atoms. The van der Waals surface area contributed by atoms with Crippen molar-refractivity contribution < 1.29 is 9.53 Å². The molecule has 1 atom stereocenters. The molecule has 0 aliphatic rings. The van der Waals surface area contributed by atoms with Gasteiger partial charge >= 0.3 is 5.97 Å². The molecule has 0 saturated carbocycles. The second-order valence-corrected chi connectivity index (χ2v) is 6.28. The minimum Gasteiger partial charge on any atom is -0.462 e. The molecule has 2 nitrogen and oxygen atoms in total. The SMILES string of the molecule is C=C(C)C(=O)OCCC(C)CC=CCC(C)(C)C. The molecule has 0 bridgehead atoms. The predicted octanol–water partition coefficient (Wildman–Crippen LogP) is 4.51. The summed E-state index contributed by atoms with van der Waals surface area (Å²) in [4.78, 5) is 11.2. The number of carbonyl (C=O) groups excluding carboxylic acids is 1. The number of carbonyl (C=O) groups is 1. The van der Waals surface area contributed by atoms with Gasteiger partial charge in [-0.05, 0) is 37.5 Å². The third-order valence-corrected chi connectivity index (χ3v) is 2.63. The second-order valence-electron chi connectivity index (χ2n) is 6.28. The Kier molecular flexibility index (Phi) is 7.65. The summed E-state index contributed by atoms with van der Waals surface area (Å²) in [6.07, 6.45) is 7.52. The Hall–Kier alpha value is -1.05. The zero-order valence-electron chi connectivity index (χ0n) is 12.6. The lowest BCUT2D eigenvalue weighted by Gasteiger charge is -2.15. The Morgan fingerprint density at radius 3 is 2.44 bits per heavy atom. The lowest BCUT2D eigenvalue weighted by atomic mass is 9.91. The monoisotopic (exact) mass is 252 g/mol. The molecule has 0 saturated heterocycles. The third kappa shape index (κ3) is 10.1. The van der Waals surface area contributed by atoms with Gasteiger partial charge in [0, 0.05) is 5.57 Å². The summed E-state index contributed by atoms with van der Waals surface area (Å²) in [6.45, 7) is 14.6. The van der Waals surface area contributed by atoms with E-state index < -0.39 is 0 Å². The highest BCUT2D eigenvalue weighted by Crippen LogP contribution is 2.19. The highest BCUT2D eigenvalue weighted by Gasteiger charge is 2.07. The average Bonchev–Trinajstić information content (AvgIpc) is 2.22. The summed E-state index contributed by atoms with van der Waals surface area (Å²) in [5, 5.41) is 0. The van der Waals surface area contributed by atoms with Gasteiger partial charge in [0.1, 0.15) is 0 Å². The fraction of sp³-hybridized carbons (Fsp3) is 0.688. The lowest BCUT2D eigenvalue weighted by molar-refractivity contribution is -0.139. The first-order valence-corrected chi connectivity index (χ1v) is 6.70. The summed E-state index contributed by atoms with van der Waals surface area (Å²) >= 11 is 0. The van der Waals surface area contributed by atoms with Gasteiger partial charge in [-0.1, -0.05) is 46.4 Å². The van der Waals surface area contributed by atoms with E-state index in [2.05, 4.69) is 46.4 Å². The fourth-order valence-electron chi connectivity index (χ4n) is 1.36. The van der Waals surface area contributed by atoms with E-state index in [1.807, 2.05) is 0 Å². The predicted molar refractivity (Wildman–Crippen MR) is 77.4 cm³/mol. The van der Waals surface area contributed by atoms with Gasteiger partial charge in [0.05, 0.1) is 6.61 Å². The number of allylic oxidation sites excluding steroid dienone is 2. The van der Waals surface area contributed by atoms with Crippen LogP contribution in [-0.4, -0.2) is 12.6 Å². The lowest BCUT2D eigenvalue weighted by Crippen LogP contribution is -2.08. The van der Waals surface area contributed by atoms with Crippen molar-refractivity contribution >= 4 is 5.97 Å². The Bertz CT molecular complexity index is 295. The first kappa shape index (κ1) is 16.9. The van der Waals surface area contributed by atoms with Gasteiger partial charge in [0.2, 0.25) is 0 Å². The quantitative estimate of drug-likeness (QED) is 0.378. The zero-order chi connectivity index (χ0) is 14.2. The summed E-state index contributed by atoms with van der Waals surface area (Å²) in [7, 11) is 0. The second kappa shape index (κ2) is 8.12. The number of rotatable bonds is 7. The molecule has 0 rings (SSSR count). The van der Waals surface area contributed by atoms with Crippen LogP contribution >= 0.6 is 0 Å². The maximum absolute atomic E-state index is 11.2. The summed E-state index contributed by atoms with van der Waals surface area (Å²) < 4.78 is 5.07. The topological polar surface area (TPSA) is 26.3 Å². The minimum absolute atomic E-state index is 0.287. The van der Waals surface area contributed by atoms with Crippen LogP contribution in [0.4, 0.5) is 0 Å². The third-order valence-electron chi connectivity index (χ3n) is 2.63. The van der Waals surface area contributed by atoms with Crippen molar-refractivity contribution in [3.05, 3.63) is 24.3 Å². The molecule has 1 unspecified atom stereocenters. The molecule has 0 aliphatic carbocycles. The van der Waals surface area contributed by atoms with Gasteiger partial charge in [-0.3, -0.25) is 0 Å². The zero-order valence-corrected chi connectivity index (χ0v) is 12.6. The van der Waals surface area contributed by atoms with E-state index >= 15 is 0 Å². The van der Waals surface area contributed by atoms with Crippen molar-refractivity contribution in [3.8, 4) is 0 Å². The van der Waals surface area contributed by atoms with Gasteiger partial charge < -0.3 is 4.74 Å². The molecule has 0 aliphatic heterocycles. The van der Waals surface area contributed by atoms with Crippen LogP contribution in [0.1, 0.15) is 53.9 Å². The van der Waals surface area contributed by atoms with Gasteiger partial charge in [0.25, 0.3) is 0 Å². The molecule has 0 radical (unpaired) electrons. The van der Waals surface area contributed by atoms with Crippen LogP contribution in [-0.2, 0) is 9.53 Å². The van der Waals surface area contributed by atoms with Crippen LogP contribution in [0.15, 0.2) is 24.3 Å². The molecular weight excluding hydrogens is 224 g/mol. The fourth-order valence-corrected chi connectivity index (χ4v) is 1.36. The minimum atomic E-state index is -0.287. The number of hydrogen-bond donors (Lipinski definition) is 0. The van der Waals surface area contributed by atoms with Crippen LogP contribution < -0.4 is 0 Å². The van der Waals surface area contributed by atoms with E-state index in [9.17, 15) is 4.79 Å². The van der Waals surface area contributed by atoms with Gasteiger partial charge in [-0.15, -0.1) is 0 Å². The number of esters is 1. The molecule has 0 aromatic rings. The van der Waals surface area contributed by atoms with Crippen molar-refractivity contribution in [2.75, 3.05) is 6.61 Å². The van der Waals surface area contributed by atoms with E-state index in [0.29, 0.717) is 23.5 Å². The molecule has 0 aromatic heterocycles. The van der Waals surface area contributed by atoms with Crippen LogP contribution in [0.2, 0.25) is 0 Å². The maximum atomic E-state index is 11.2. The Labute approximate surface area is 112 Å². The molecule has 104 valence electrons. The van der Waals surface area contributed by atoms with Crippen LogP contribution in [0.25, 0.3) is 0 Å². The average molecular weight is 252 g/mol. The van der Waals surface area contributed by atoms with Crippen molar-refractivity contribution in [3.63, 3.8) is 0 Å². The van der Waals surface area contributed by atoms with Crippen molar-refractivity contribution in [1.29, 1.82) is 0 Å². The number of hydrogen-bond acceptors (Lipinski definition) is 2. The molecule has 0 aromatic carbocycles. The normalized spacial score (nSPS) is 13.6. The molecule has 18 heavy (non-hydrogen) atoms. The van der Waals surface area contributed by atoms with Crippen LogP contribution in [0.3, 0.4) is 0 Å². The molecule has 0 heterocycles.